The highest BCUT2D eigenvalue weighted by Crippen LogP contribution is 2.27. The predicted octanol–water partition coefficient (Wildman–Crippen LogP) is 2.39. The monoisotopic (exact) mass is 228 g/mol. The number of benzene rings is 1. The molecule has 1 aliphatic rings. The Morgan fingerprint density at radius 3 is 3.17 bits per heavy atom. The molecule has 0 spiro atoms. The van der Waals surface area contributed by atoms with E-state index in [-0.39, 0.29) is 5.82 Å². The maximum Gasteiger partial charge on any atom is 0.161 e. The number of hydrogen-bond donors (Lipinski definition) is 1. The third-order valence-electron chi connectivity index (χ3n) is 1.70. The highest BCUT2D eigenvalue weighted by atomic mass is 79.9. The smallest absolute Gasteiger partial charge is 0.161 e. The molecule has 0 unspecified atom stereocenters. The van der Waals surface area contributed by atoms with Gasteiger partial charge in [-0.05, 0) is 22.0 Å². The number of nitrogens with zero attached hydrogens (tertiary/aromatic N) is 1. The van der Waals surface area contributed by atoms with Crippen molar-refractivity contribution in [1.82, 2.24) is 0 Å². The van der Waals surface area contributed by atoms with Crippen LogP contribution in [0.3, 0.4) is 0 Å². The van der Waals surface area contributed by atoms with Crippen LogP contribution in [0.1, 0.15) is 5.56 Å². The van der Waals surface area contributed by atoms with E-state index in [0.717, 1.165) is 5.56 Å². The number of hydrogen-bond acceptors (Lipinski definition) is 2. The molecule has 1 aromatic rings. The van der Waals surface area contributed by atoms with Gasteiger partial charge >= 0.3 is 0 Å². The summed E-state index contributed by atoms with van der Waals surface area (Å²) in [6.45, 7) is 0.445. The van der Waals surface area contributed by atoms with Crippen molar-refractivity contribution in [2.75, 3.05) is 12.0 Å². The molecule has 2 nitrogen and oxygen atoms in total. The van der Waals surface area contributed by atoms with Gasteiger partial charge in [0.15, 0.2) is 5.82 Å². The first kappa shape index (κ1) is 7.73. The minimum atomic E-state index is -0.251. The molecule has 0 atom stereocenters. The molecule has 0 bridgehead atoms. The van der Waals surface area contributed by atoms with E-state index in [0.29, 0.717) is 16.8 Å². The van der Waals surface area contributed by atoms with Gasteiger partial charge in [-0.3, -0.25) is 4.99 Å². The standard InChI is InChI=1S/C8H6BrFN2/c9-6-2-1-5-3-11-4-12-8(5)7(6)10/h1-3,12H,4H2. The molecule has 4 heteroatoms. The van der Waals surface area contributed by atoms with Crippen molar-refractivity contribution < 1.29 is 4.39 Å². The maximum absolute atomic E-state index is 13.3. The van der Waals surface area contributed by atoms with Crippen LogP contribution in [0, 0.1) is 5.82 Å². The van der Waals surface area contributed by atoms with E-state index < -0.39 is 0 Å². The van der Waals surface area contributed by atoms with Crippen LogP contribution < -0.4 is 5.32 Å². The minimum absolute atomic E-state index is 0.251. The lowest BCUT2D eigenvalue weighted by atomic mass is 10.1. The van der Waals surface area contributed by atoms with Crippen LogP contribution in [0.15, 0.2) is 21.6 Å². The van der Waals surface area contributed by atoms with Crippen LogP contribution in [0.2, 0.25) is 0 Å². The Labute approximate surface area is 77.6 Å². The van der Waals surface area contributed by atoms with Crippen LogP contribution in [0.4, 0.5) is 10.1 Å². The van der Waals surface area contributed by atoms with Crippen LogP contribution in [-0.4, -0.2) is 12.9 Å². The molecule has 1 heterocycles. The molecule has 2 rings (SSSR count). The van der Waals surface area contributed by atoms with Crippen molar-refractivity contribution >= 4 is 27.8 Å². The molecule has 0 saturated heterocycles. The second-order valence-corrected chi connectivity index (χ2v) is 3.33. The maximum atomic E-state index is 13.3. The van der Waals surface area contributed by atoms with Gasteiger partial charge in [0.25, 0.3) is 0 Å². The Morgan fingerprint density at radius 1 is 1.50 bits per heavy atom. The van der Waals surface area contributed by atoms with Gasteiger partial charge in [-0.2, -0.15) is 0 Å². The Kier molecular flexibility index (Phi) is 1.84. The number of halogens is 2. The first-order chi connectivity index (χ1) is 5.79. The highest BCUT2D eigenvalue weighted by molar-refractivity contribution is 9.10. The second kappa shape index (κ2) is 2.86. The van der Waals surface area contributed by atoms with Gasteiger partial charge in [0, 0.05) is 11.8 Å². The molecule has 0 aromatic heterocycles. The van der Waals surface area contributed by atoms with Gasteiger partial charge < -0.3 is 5.32 Å². The van der Waals surface area contributed by atoms with Crippen molar-refractivity contribution in [3.63, 3.8) is 0 Å². The van der Waals surface area contributed by atoms with E-state index in [1.807, 2.05) is 6.07 Å². The molecule has 0 amide bonds. The first-order valence-electron chi connectivity index (χ1n) is 3.51. The molecule has 62 valence electrons. The summed E-state index contributed by atoms with van der Waals surface area (Å²) in [7, 11) is 0. The lowest BCUT2D eigenvalue weighted by Gasteiger charge is -2.13. The zero-order chi connectivity index (χ0) is 8.55. The average molecular weight is 229 g/mol. The van der Waals surface area contributed by atoms with Crippen LogP contribution >= 0.6 is 15.9 Å². The van der Waals surface area contributed by atoms with Crippen LogP contribution in [0.25, 0.3) is 0 Å². The third kappa shape index (κ3) is 1.12. The van der Waals surface area contributed by atoms with Crippen molar-refractivity contribution in [3.05, 3.63) is 28.0 Å². The quantitative estimate of drug-likeness (QED) is 0.725. The SMILES string of the molecule is Fc1c(Br)ccc2c1NCN=C2. The molecule has 0 saturated carbocycles. The average Bonchev–Trinajstić information content (AvgIpc) is 2.12. The summed E-state index contributed by atoms with van der Waals surface area (Å²) in [6, 6.07) is 3.49. The summed E-state index contributed by atoms with van der Waals surface area (Å²) in [6.07, 6.45) is 1.67. The molecule has 1 N–H and O–H groups in total. The third-order valence-corrected chi connectivity index (χ3v) is 2.32. The van der Waals surface area contributed by atoms with E-state index in [1.54, 1.807) is 12.3 Å². The van der Waals surface area contributed by atoms with Crippen molar-refractivity contribution in [3.8, 4) is 0 Å². The summed E-state index contributed by atoms with van der Waals surface area (Å²) < 4.78 is 13.8. The van der Waals surface area contributed by atoms with Gasteiger partial charge in [-0.25, -0.2) is 4.39 Å². The van der Waals surface area contributed by atoms with E-state index in [2.05, 4.69) is 26.2 Å². The zero-order valence-electron chi connectivity index (χ0n) is 6.14. The Bertz CT molecular complexity index is 349. The normalized spacial score (nSPS) is 13.8. The Balaban J connectivity index is 2.63. The van der Waals surface area contributed by atoms with Gasteiger partial charge in [-0.15, -0.1) is 0 Å². The van der Waals surface area contributed by atoms with E-state index >= 15 is 0 Å². The lowest BCUT2D eigenvalue weighted by molar-refractivity contribution is 0.623. The number of aliphatic imine (C=N–C) groups is 1. The van der Waals surface area contributed by atoms with E-state index in [4.69, 9.17) is 0 Å². The summed E-state index contributed by atoms with van der Waals surface area (Å²) in [5.74, 6) is -0.251. The van der Waals surface area contributed by atoms with Gasteiger partial charge in [0.2, 0.25) is 0 Å². The largest absolute Gasteiger partial charge is 0.363 e. The molecule has 1 aromatic carbocycles. The second-order valence-electron chi connectivity index (χ2n) is 2.47. The van der Waals surface area contributed by atoms with E-state index in [1.165, 1.54) is 0 Å². The fourth-order valence-corrected chi connectivity index (χ4v) is 1.45. The molecule has 0 fully saturated rings. The predicted molar refractivity (Wildman–Crippen MR) is 50.2 cm³/mol. The van der Waals surface area contributed by atoms with Crippen molar-refractivity contribution in [1.29, 1.82) is 0 Å². The van der Waals surface area contributed by atoms with Gasteiger partial charge in [0.1, 0.15) is 6.67 Å². The zero-order valence-corrected chi connectivity index (χ0v) is 7.73. The number of rotatable bonds is 0. The van der Waals surface area contributed by atoms with E-state index in [9.17, 15) is 4.39 Å². The van der Waals surface area contributed by atoms with Gasteiger partial charge in [-0.1, -0.05) is 6.07 Å². The number of anilines is 1. The molecule has 0 aliphatic carbocycles. The fraction of sp³-hybridized carbons (Fsp3) is 0.125. The van der Waals surface area contributed by atoms with Crippen LogP contribution in [-0.2, 0) is 0 Å². The lowest BCUT2D eigenvalue weighted by Crippen LogP contribution is -2.09. The molecular weight excluding hydrogens is 223 g/mol. The summed E-state index contributed by atoms with van der Waals surface area (Å²) in [5.41, 5.74) is 1.32. The fourth-order valence-electron chi connectivity index (χ4n) is 1.12. The first-order valence-corrected chi connectivity index (χ1v) is 4.30. The Hall–Kier alpha value is -0.900. The molecule has 1 aliphatic heterocycles. The van der Waals surface area contributed by atoms with Crippen molar-refractivity contribution in [2.24, 2.45) is 4.99 Å². The van der Waals surface area contributed by atoms with Crippen molar-refractivity contribution in [2.45, 2.75) is 0 Å². The highest BCUT2D eigenvalue weighted by Gasteiger charge is 2.11. The molecule has 0 radical (unpaired) electrons. The summed E-state index contributed by atoms with van der Waals surface area (Å²) in [5, 5.41) is 2.87. The van der Waals surface area contributed by atoms with Crippen LogP contribution in [0.5, 0.6) is 0 Å². The topological polar surface area (TPSA) is 24.4 Å². The number of nitrogens with one attached hydrogen (secondary N) is 1. The minimum Gasteiger partial charge on any atom is -0.363 e. The summed E-state index contributed by atoms with van der Waals surface area (Å²) in [4.78, 5) is 3.97. The molecular formula is C8H6BrFN2. The summed E-state index contributed by atoms with van der Waals surface area (Å²) >= 11 is 3.11. The number of fused-ring (bicyclic) bond motifs is 1. The van der Waals surface area contributed by atoms with Gasteiger partial charge in [0.05, 0.1) is 10.2 Å². The Morgan fingerprint density at radius 2 is 2.33 bits per heavy atom. The molecule has 12 heavy (non-hydrogen) atoms.